The molecule has 1 heterocycles. The van der Waals surface area contributed by atoms with E-state index in [9.17, 15) is 0 Å². The second-order valence-corrected chi connectivity index (χ2v) is 7.27. The summed E-state index contributed by atoms with van der Waals surface area (Å²) in [6.45, 7) is 8.05. The normalized spacial score (nSPS) is 34.1. The maximum atomic E-state index is 5.93. The van der Waals surface area contributed by atoms with Gasteiger partial charge in [0.05, 0.1) is 11.7 Å². The summed E-state index contributed by atoms with van der Waals surface area (Å²) in [7, 11) is -0.511. The quantitative estimate of drug-likeness (QED) is 0.714. The average molecular weight is 300 g/mol. The van der Waals surface area contributed by atoms with Crippen LogP contribution in [0, 0.1) is 0 Å². The molecule has 0 amide bonds. The molecule has 3 nitrogen and oxygen atoms in total. The summed E-state index contributed by atoms with van der Waals surface area (Å²) in [5.41, 5.74) is 0. The molecule has 0 saturated carbocycles. The van der Waals surface area contributed by atoms with Crippen LogP contribution in [0.3, 0.4) is 0 Å². The lowest BCUT2D eigenvalue weighted by molar-refractivity contribution is -0.244. The van der Waals surface area contributed by atoms with Crippen LogP contribution in [-0.4, -0.2) is 24.3 Å². The van der Waals surface area contributed by atoms with Gasteiger partial charge in [0.2, 0.25) is 0 Å². The molecule has 4 atom stereocenters. The molecule has 20 heavy (non-hydrogen) atoms. The first-order valence-electron chi connectivity index (χ1n) is 6.37. The number of ether oxygens (including phenoxy) is 3. The SMILES string of the molecule is C.C.CC1OC(C)OC(C)P(c2ccccc2)C(C)O1. The highest BCUT2D eigenvalue weighted by Gasteiger charge is 2.31. The van der Waals surface area contributed by atoms with E-state index in [4.69, 9.17) is 14.2 Å². The molecule has 116 valence electrons. The van der Waals surface area contributed by atoms with E-state index >= 15 is 0 Å². The van der Waals surface area contributed by atoms with Crippen LogP contribution in [0.2, 0.25) is 0 Å². The molecule has 1 aliphatic rings. The van der Waals surface area contributed by atoms with Gasteiger partial charge in [0, 0.05) is 0 Å². The lowest BCUT2D eigenvalue weighted by Crippen LogP contribution is -2.35. The molecule has 1 aliphatic heterocycles. The predicted octanol–water partition coefficient (Wildman–Crippen LogP) is 4.51. The third-order valence-electron chi connectivity index (χ3n) is 3.00. The highest BCUT2D eigenvalue weighted by Crippen LogP contribution is 2.48. The summed E-state index contributed by atoms with van der Waals surface area (Å²) >= 11 is 0. The zero-order valence-electron chi connectivity index (χ0n) is 11.4. The van der Waals surface area contributed by atoms with Crippen molar-refractivity contribution in [2.75, 3.05) is 0 Å². The maximum Gasteiger partial charge on any atom is 0.158 e. The Kier molecular flexibility index (Phi) is 8.53. The lowest BCUT2D eigenvalue weighted by atomic mass is 10.4. The van der Waals surface area contributed by atoms with Crippen molar-refractivity contribution in [3.8, 4) is 0 Å². The van der Waals surface area contributed by atoms with Gasteiger partial charge in [0.1, 0.15) is 0 Å². The summed E-state index contributed by atoms with van der Waals surface area (Å²) < 4.78 is 17.4. The number of hydrogen-bond acceptors (Lipinski definition) is 3. The van der Waals surface area contributed by atoms with Crippen LogP contribution in [0.4, 0.5) is 0 Å². The van der Waals surface area contributed by atoms with Gasteiger partial charge in [-0.05, 0) is 40.9 Å². The van der Waals surface area contributed by atoms with E-state index in [0.717, 1.165) is 0 Å². The fourth-order valence-corrected chi connectivity index (χ4v) is 4.89. The number of hydrogen-bond donors (Lipinski definition) is 0. The summed E-state index contributed by atoms with van der Waals surface area (Å²) in [5.74, 6) is 0.250. The summed E-state index contributed by atoms with van der Waals surface area (Å²) in [4.78, 5) is 0. The highest BCUT2D eigenvalue weighted by atomic mass is 31.1. The molecule has 1 aromatic rings. The van der Waals surface area contributed by atoms with E-state index in [1.54, 1.807) is 0 Å². The fraction of sp³-hybridized carbons (Fsp3) is 0.625. The molecule has 0 bridgehead atoms. The molecule has 1 saturated heterocycles. The van der Waals surface area contributed by atoms with Crippen molar-refractivity contribution in [1.29, 1.82) is 0 Å². The van der Waals surface area contributed by atoms with Gasteiger partial charge in [-0.15, -0.1) is 0 Å². The van der Waals surface area contributed by atoms with E-state index in [1.807, 2.05) is 19.9 Å². The highest BCUT2D eigenvalue weighted by molar-refractivity contribution is 7.66. The monoisotopic (exact) mass is 300 g/mol. The molecule has 4 unspecified atom stereocenters. The van der Waals surface area contributed by atoms with E-state index in [-0.39, 0.29) is 39.1 Å². The number of rotatable bonds is 1. The Bertz CT molecular complexity index is 355. The molecule has 0 spiro atoms. The Morgan fingerprint density at radius 1 is 0.750 bits per heavy atom. The number of benzene rings is 1. The van der Waals surface area contributed by atoms with Crippen molar-refractivity contribution in [1.82, 2.24) is 0 Å². The van der Waals surface area contributed by atoms with Crippen molar-refractivity contribution >= 4 is 13.2 Å². The summed E-state index contributed by atoms with van der Waals surface area (Å²) in [6, 6.07) is 10.5. The predicted molar refractivity (Wildman–Crippen MR) is 87.6 cm³/mol. The maximum absolute atomic E-state index is 5.93. The van der Waals surface area contributed by atoms with Gasteiger partial charge in [0.25, 0.3) is 0 Å². The Morgan fingerprint density at radius 3 is 1.65 bits per heavy atom. The molecule has 1 fully saturated rings. The van der Waals surface area contributed by atoms with Crippen molar-refractivity contribution in [3.05, 3.63) is 30.3 Å². The van der Waals surface area contributed by atoms with E-state index in [0.29, 0.717) is 0 Å². The van der Waals surface area contributed by atoms with Gasteiger partial charge in [0.15, 0.2) is 12.6 Å². The third kappa shape index (κ3) is 4.82. The van der Waals surface area contributed by atoms with Crippen LogP contribution in [-0.2, 0) is 14.2 Å². The Balaban J connectivity index is 0.00000180. The first-order valence-corrected chi connectivity index (χ1v) is 7.85. The van der Waals surface area contributed by atoms with Crippen molar-refractivity contribution < 1.29 is 14.2 Å². The smallest absolute Gasteiger partial charge is 0.158 e. The lowest BCUT2D eigenvalue weighted by Gasteiger charge is -2.37. The summed E-state index contributed by atoms with van der Waals surface area (Å²) in [6.07, 6.45) is -0.451. The fourth-order valence-electron chi connectivity index (χ4n) is 2.34. The molecule has 2 rings (SSSR count). The zero-order valence-corrected chi connectivity index (χ0v) is 12.3. The molecule has 0 aromatic heterocycles. The molecule has 0 aliphatic carbocycles. The minimum Gasteiger partial charge on any atom is -0.345 e. The van der Waals surface area contributed by atoms with Crippen molar-refractivity contribution in [3.63, 3.8) is 0 Å². The van der Waals surface area contributed by atoms with E-state index in [2.05, 4.69) is 38.1 Å². The van der Waals surface area contributed by atoms with Crippen LogP contribution in [0.25, 0.3) is 0 Å². The van der Waals surface area contributed by atoms with E-state index in [1.165, 1.54) is 5.30 Å². The van der Waals surface area contributed by atoms with Gasteiger partial charge >= 0.3 is 0 Å². The largest absolute Gasteiger partial charge is 0.345 e. The summed E-state index contributed by atoms with van der Waals surface area (Å²) in [5, 5.41) is 1.31. The van der Waals surface area contributed by atoms with Gasteiger partial charge < -0.3 is 14.2 Å². The minimum absolute atomic E-state index is 0. The Morgan fingerprint density at radius 2 is 1.20 bits per heavy atom. The Hall–Kier alpha value is -0.470. The second-order valence-electron chi connectivity index (χ2n) is 4.48. The molecule has 4 heteroatoms. The van der Waals surface area contributed by atoms with Gasteiger partial charge in [-0.25, -0.2) is 0 Å². The molecule has 0 N–H and O–H groups in total. The first-order chi connectivity index (χ1) is 8.58. The van der Waals surface area contributed by atoms with Crippen molar-refractivity contribution in [2.45, 2.75) is 66.8 Å². The van der Waals surface area contributed by atoms with Crippen LogP contribution >= 0.6 is 7.92 Å². The first kappa shape index (κ1) is 19.5. The molecular formula is C16H29O3P. The zero-order chi connectivity index (χ0) is 13.1. The van der Waals surface area contributed by atoms with Gasteiger partial charge in [-0.2, -0.15) is 0 Å². The molecule has 0 radical (unpaired) electrons. The Labute approximate surface area is 125 Å². The van der Waals surface area contributed by atoms with Crippen molar-refractivity contribution in [2.24, 2.45) is 0 Å². The standard InChI is InChI=1S/C14H21O3P.2CH4/c1-10-15-11(2)17-13(4)18(12(3)16-10)14-8-6-5-7-9-14;;/h5-13H,1-4H3;2*1H4. The average Bonchev–Trinajstić information content (AvgIpc) is 2.28. The van der Waals surface area contributed by atoms with Crippen LogP contribution in [0.15, 0.2) is 30.3 Å². The third-order valence-corrected chi connectivity index (χ3v) is 5.70. The van der Waals surface area contributed by atoms with Gasteiger partial charge in [-0.1, -0.05) is 45.2 Å². The molecule has 1 aromatic carbocycles. The van der Waals surface area contributed by atoms with Crippen LogP contribution < -0.4 is 5.30 Å². The van der Waals surface area contributed by atoms with Gasteiger partial charge in [-0.3, -0.25) is 0 Å². The topological polar surface area (TPSA) is 27.7 Å². The molecular weight excluding hydrogens is 271 g/mol. The van der Waals surface area contributed by atoms with Crippen LogP contribution in [0.5, 0.6) is 0 Å². The van der Waals surface area contributed by atoms with E-state index < -0.39 is 7.92 Å². The minimum atomic E-state index is -0.511. The van der Waals surface area contributed by atoms with Crippen LogP contribution in [0.1, 0.15) is 42.5 Å². The second kappa shape index (κ2) is 8.74.